The molecule has 0 radical (unpaired) electrons. The number of aromatic nitrogens is 1. The molecule has 28 heavy (non-hydrogen) atoms. The lowest BCUT2D eigenvalue weighted by atomic mass is 10.1. The van der Waals surface area contributed by atoms with Gasteiger partial charge in [-0.1, -0.05) is 42.5 Å². The number of amidine groups is 1. The Labute approximate surface area is 167 Å². The molecule has 6 heteroatoms. The van der Waals surface area contributed by atoms with Crippen molar-refractivity contribution >= 4 is 39.8 Å². The lowest BCUT2D eigenvalue weighted by molar-refractivity contribution is -0.115. The minimum Gasteiger partial charge on any atom is -0.382 e. The van der Waals surface area contributed by atoms with E-state index in [-0.39, 0.29) is 11.9 Å². The summed E-state index contributed by atoms with van der Waals surface area (Å²) >= 11 is 1.35. The van der Waals surface area contributed by atoms with Gasteiger partial charge in [0, 0.05) is 18.7 Å². The summed E-state index contributed by atoms with van der Waals surface area (Å²) in [4.78, 5) is 22.0. The molecule has 1 aromatic heterocycles. The van der Waals surface area contributed by atoms with E-state index in [1.165, 1.54) is 11.8 Å². The number of rotatable bonds is 5. The van der Waals surface area contributed by atoms with Gasteiger partial charge in [-0.15, -0.1) is 0 Å². The average Bonchev–Trinajstić information content (AvgIpc) is 3.07. The molecule has 0 aliphatic carbocycles. The number of hydrogen-bond donors (Lipinski definition) is 1. The first-order chi connectivity index (χ1) is 13.7. The Morgan fingerprint density at radius 2 is 2.04 bits per heavy atom. The molecule has 1 saturated heterocycles. The number of benzene rings is 2. The fraction of sp³-hybridized carbons (Fsp3) is 0.136. The molecule has 1 fully saturated rings. The zero-order valence-corrected chi connectivity index (χ0v) is 16.1. The summed E-state index contributed by atoms with van der Waals surface area (Å²) in [6.45, 7) is 0.445. The maximum absolute atomic E-state index is 12.4. The van der Waals surface area contributed by atoms with Crippen LogP contribution in [0, 0.1) is 0 Å². The summed E-state index contributed by atoms with van der Waals surface area (Å²) in [6.07, 6.45) is 3.65. The van der Waals surface area contributed by atoms with Gasteiger partial charge in [0.1, 0.15) is 6.04 Å². The van der Waals surface area contributed by atoms with Crippen LogP contribution in [-0.2, 0) is 9.53 Å². The van der Waals surface area contributed by atoms with E-state index < -0.39 is 0 Å². The zero-order valence-electron chi connectivity index (χ0n) is 15.3. The predicted molar refractivity (Wildman–Crippen MR) is 114 cm³/mol. The van der Waals surface area contributed by atoms with Gasteiger partial charge < -0.3 is 10.1 Å². The molecule has 4 rings (SSSR count). The minimum atomic E-state index is -0.167. The van der Waals surface area contributed by atoms with E-state index >= 15 is 0 Å². The molecule has 3 aromatic rings. The van der Waals surface area contributed by atoms with Crippen molar-refractivity contribution in [3.63, 3.8) is 0 Å². The molecule has 0 saturated carbocycles. The zero-order chi connectivity index (χ0) is 19.3. The van der Waals surface area contributed by atoms with E-state index in [0.717, 1.165) is 22.0 Å². The van der Waals surface area contributed by atoms with Crippen molar-refractivity contribution in [3.8, 4) is 0 Å². The van der Waals surface area contributed by atoms with E-state index in [9.17, 15) is 4.79 Å². The molecular formula is C22H19N3O2S. The number of nitrogens with one attached hydrogen (secondary N) is 1. The lowest BCUT2D eigenvalue weighted by Gasteiger charge is -2.12. The highest BCUT2D eigenvalue weighted by Crippen LogP contribution is 2.29. The van der Waals surface area contributed by atoms with Crippen LogP contribution in [0.4, 0.5) is 0 Å². The molecule has 2 heterocycles. The van der Waals surface area contributed by atoms with Crippen molar-refractivity contribution < 1.29 is 9.53 Å². The topological polar surface area (TPSA) is 63.6 Å². The van der Waals surface area contributed by atoms with Crippen LogP contribution in [0.5, 0.6) is 0 Å². The third-order valence-electron chi connectivity index (χ3n) is 4.36. The molecular weight excluding hydrogens is 370 g/mol. The van der Waals surface area contributed by atoms with E-state index in [0.29, 0.717) is 16.7 Å². The fourth-order valence-corrected chi connectivity index (χ4v) is 3.88. The Balaban J connectivity index is 1.58. The molecule has 2 aromatic carbocycles. The van der Waals surface area contributed by atoms with E-state index in [4.69, 9.17) is 9.73 Å². The first-order valence-corrected chi connectivity index (χ1v) is 9.72. The first-order valence-electron chi connectivity index (χ1n) is 8.90. The monoisotopic (exact) mass is 389 g/mol. The summed E-state index contributed by atoms with van der Waals surface area (Å²) in [5, 5.41) is 4.49. The number of aliphatic imine (C=N–C) groups is 1. The third kappa shape index (κ3) is 4.13. The van der Waals surface area contributed by atoms with Gasteiger partial charge in [-0.25, -0.2) is 0 Å². The van der Waals surface area contributed by atoms with Crippen molar-refractivity contribution in [2.45, 2.75) is 6.04 Å². The quantitative estimate of drug-likeness (QED) is 0.665. The Kier molecular flexibility index (Phi) is 5.50. The van der Waals surface area contributed by atoms with Gasteiger partial charge in [0.2, 0.25) is 0 Å². The summed E-state index contributed by atoms with van der Waals surface area (Å²) in [7, 11) is 1.65. The fourth-order valence-electron chi connectivity index (χ4n) is 3.01. The summed E-state index contributed by atoms with van der Waals surface area (Å²) in [6, 6.07) is 19.6. The second-order valence-corrected chi connectivity index (χ2v) is 7.37. The highest BCUT2D eigenvalue weighted by molar-refractivity contribution is 8.18. The number of hydrogen-bond acceptors (Lipinski definition) is 5. The number of carbonyl (C=O) groups is 1. The highest BCUT2D eigenvalue weighted by atomic mass is 32.2. The largest absolute Gasteiger partial charge is 0.382 e. The number of fused-ring (bicyclic) bond motifs is 1. The van der Waals surface area contributed by atoms with Crippen molar-refractivity contribution in [1.29, 1.82) is 0 Å². The van der Waals surface area contributed by atoms with Crippen LogP contribution in [0.1, 0.15) is 17.2 Å². The highest BCUT2D eigenvalue weighted by Gasteiger charge is 2.25. The second kappa shape index (κ2) is 8.37. The van der Waals surface area contributed by atoms with Gasteiger partial charge in [0.05, 0.1) is 17.0 Å². The molecule has 1 aliphatic rings. The predicted octanol–water partition coefficient (Wildman–Crippen LogP) is 4.18. The molecule has 1 amide bonds. The SMILES string of the molecule is COC[C@@H](N=C1NC(=O)/C(=C/c2ccc3ncccc3c2)S1)c1ccccc1. The van der Waals surface area contributed by atoms with Gasteiger partial charge in [0.15, 0.2) is 5.17 Å². The van der Waals surface area contributed by atoms with Gasteiger partial charge >= 0.3 is 0 Å². The van der Waals surface area contributed by atoms with Crippen LogP contribution < -0.4 is 5.32 Å². The van der Waals surface area contributed by atoms with Crippen molar-refractivity contribution in [2.24, 2.45) is 4.99 Å². The van der Waals surface area contributed by atoms with Crippen LogP contribution in [0.3, 0.4) is 0 Å². The second-order valence-electron chi connectivity index (χ2n) is 6.34. The summed E-state index contributed by atoms with van der Waals surface area (Å²) in [5.74, 6) is -0.140. The molecule has 1 aliphatic heterocycles. The Morgan fingerprint density at radius 3 is 2.86 bits per heavy atom. The maximum Gasteiger partial charge on any atom is 0.264 e. The minimum absolute atomic E-state index is 0.140. The standard InChI is InChI=1S/C22H19N3O2S/c1-27-14-19(16-6-3-2-4-7-16)24-22-25-21(26)20(28-22)13-15-9-10-18-17(12-15)8-5-11-23-18/h2-13,19H,14H2,1H3,(H,24,25,26)/b20-13-/t19-/m1/s1. The normalized spacial score (nSPS) is 18.0. The number of thioether (sulfide) groups is 1. The number of amides is 1. The van der Waals surface area contributed by atoms with E-state index in [1.807, 2.05) is 66.7 Å². The van der Waals surface area contributed by atoms with E-state index in [1.54, 1.807) is 13.3 Å². The van der Waals surface area contributed by atoms with E-state index in [2.05, 4.69) is 10.3 Å². The smallest absolute Gasteiger partial charge is 0.264 e. The van der Waals surface area contributed by atoms with Crippen LogP contribution >= 0.6 is 11.8 Å². The average molecular weight is 389 g/mol. The first kappa shape index (κ1) is 18.4. The maximum atomic E-state index is 12.4. The Bertz CT molecular complexity index is 1060. The molecule has 5 nitrogen and oxygen atoms in total. The molecule has 0 unspecified atom stereocenters. The van der Waals surface area contributed by atoms with Crippen LogP contribution in [0.2, 0.25) is 0 Å². The number of carbonyl (C=O) groups excluding carboxylic acids is 1. The van der Waals surface area contributed by atoms with Gasteiger partial charge in [-0.3, -0.25) is 14.8 Å². The Hall–Kier alpha value is -2.96. The van der Waals surface area contributed by atoms with Crippen LogP contribution in [-0.4, -0.2) is 29.8 Å². The van der Waals surface area contributed by atoms with Crippen LogP contribution in [0.15, 0.2) is 76.8 Å². The number of pyridine rings is 1. The van der Waals surface area contributed by atoms with Crippen LogP contribution in [0.25, 0.3) is 17.0 Å². The van der Waals surface area contributed by atoms with Crippen molar-refractivity contribution in [2.75, 3.05) is 13.7 Å². The molecule has 140 valence electrons. The van der Waals surface area contributed by atoms with Crippen molar-refractivity contribution in [3.05, 3.63) is 82.9 Å². The van der Waals surface area contributed by atoms with Gasteiger partial charge in [-0.05, 0) is 47.2 Å². The summed E-state index contributed by atoms with van der Waals surface area (Å²) < 4.78 is 5.31. The van der Waals surface area contributed by atoms with Crippen molar-refractivity contribution in [1.82, 2.24) is 10.3 Å². The van der Waals surface area contributed by atoms with Gasteiger partial charge in [-0.2, -0.15) is 0 Å². The molecule has 0 spiro atoms. The lowest BCUT2D eigenvalue weighted by Crippen LogP contribution is -2.21. The molecule has 0 bridgehead atoms. The molecule has 1 atom stereocenters. The molecule has 1 N–H and O–H groups in total. The van der Waals surface area contributed by atoms with Gasteiger partial charge in [0.25, 0.3) is 5.91 Å². The summed E-state index contributed by atoms with van der Waals surface area (Å²) in [5.41, 5.74) is 2.93. The number of methoxy groups -OCH3 is 1. The number of nitrogens with zero attached hydrogens (tertiary/aromatic N) is 2. The third-order valence-corrected chi connectivity index (χ3v) is 5.28. The number of ether oxygens (including phenoxy) is 1. The Morgan fingerprint density at radius 1 is 1.18 bits per heavy atom.